The number of fused-ring (bicyclic) bond motifs is 1. The molecule has 2 nitrogen and oxygen atoms in total. The molecule has 0 bridgehead atoms. The summed E-state index contributed by atoms with van der Waals surface area (Å²) in [5, 5.41) is 0.656. The van der Waals surface area contributed by atoms with Gasteiger partial charge in [-0.3, -0.25) is 4.79 Å². The highest BCUT2D eigenvalue weighted by Gasteiger charge is 2.50. The van der Waals surface area contributed by atoms with Gasteiger partial charge in [-0.25, -0.2) is 0 Å². The van der Waals surface area contributed by atoms with Crippen LogP contribution in [-0.2, 0) is 6.54 Å². The second kappa shape index (κ2) is 3.92. The monoisotopic (exact) mass is 237 g/mol. The molecule has 3 heteroatoms. The summed E-state index contributed by atoms with van der Waals surface area (Å²) in [7, 11) is 0. The maximum Gasteiger partial charge on any atom is 0.250 e. The van der Waals surface area contributed by atoms with Gasteiger partial charge in [0.15, 0.2) is 0 Å². The Hall–Kier alpha value is -0.760. The predicted octanol–water partition coefficient (Wildman–Crippen LogP) is 2.94. The summed E-state index contributed by atoms with van der Waals surface area (Å²) in [6.07, 6.45) is 7.26. The smallest absolute Gasteiger partial charge is 0.250 e. The van der Waals surface area contributed by atoms with Gasteiger partial charge in [0.2, 0.25) is 0 Å². The number of nitrogens with zero attached hydrogens (tertiary/aromatic N) is 1. The molecule has 0 aromatic carbocycles. The van der Waals surface area contributed by atoms with E-state index in [1.807, 2.05) is 0 Å². The van der Waals surface area contributed by atoms with Crippen molar-refractivity contribution in [2.24, 2.45) is 17.8 Å². The molecule has 1 aromatic rings. The number of hydrogen-bond acceptors (Lipinski definition) is 1. The van der Waals surface area contributed by atoms with Gasteiger partial charge >= 0.3 is 0 Å². The third-order valence-corrected chi connectivity index (χ3v) is 4.41. The lowest BCUT2D eigenvalue weighted by Crippen LogP contribution is -2.19. The molecule has 2 saturated carbocycles. The van der Waals surface area contributed by atoms with Crippen molar-refractivity contribution < 1.29 is 0 Å². The van der Waals surface area contributed by atoms with E-state index in [9.17, 15) is 4.79 Å². The fraction of sp³-hybridized carbons (Fsp3) is 0.615. The van der Waals surface area contributed by atoms with Gasteiger partial charge in [-0.15, -0.1) is 0 Å². The Morgan fingerprint density at radius 1 is 1.25 bits per heavy atom. The molecule has 0 aliphatic heterocycles. The normalized spacial score (nSPS) is 32.2. The zero-order chi connectivity index (χ0) is 11.1. The first-order valence-electron chi connectivity index (χ1n) is 6.12. The Balaban J connectivity index is 1.75. The summed E-state index contributed by atoms with van der Waals surface area (Å²) in [6.45, 7) is 0.870. The maximum atomic E-state index is 11.6. The van der Waals surface area contributed by atoms with E-state index in [2.05, 4.69) is 0 Å². The number of pyridine rings is 1. The van der Waals surface area contributed by atoms with Crippen molar-refractivity contribution in [1.29, 1.82) is 0 Å². The Labute approximate surface area is 100 Å². The van der Waals surface area contributed by atoms with Crippen molar-refractivity contribution in [1.82, 2.24) is 4.57 Å². The minimum absolute atomic E-state index is 0.0769. The number of aromatic nitrogens is 1. The van der Waals surface area contributed by atoms with E-state index in [1.54, 1.807) is 22.9 Å². The fourth-order valence-electron chi connectivity index (χ4n) is 3.28. The first kappa shape index (κ1) is 10.4. The molecule has 1 heterocycles. The van der Waals surface area contributed by atoms with Crippen molar-refractivity contribution in [3.63, 3.8) is 0 Å². The summed E-state index contributed by atoms with van der Waals surface area (Å²) >= 11 is 5.91. The quantitative estimate of drug-likeness (QED) is 0.775. The molecule has 0 radical (unpaired) electrons. The van der Waals surface area contributed by atoms with Crippen LogP contribution in [0.5, 0.6) is 0 Å². The van der Waals surface area contributed by atoms with E-state index in [4.69, 9.17) is 11.6 Å². The molecule has 0 saturated heterocycles. The Morgan fingerprint density at radius 3 is 2.62 bits per heavy atom. The second-order valence-electron chi connectivity index (χ2n) is 5.11. The van der Waals surface area contributed by atoms with E-state index in [0.717, 1.165) is 24.3 Å². The van der Waals surface area contributed by atoms with Crippen LogP contribution in [0.25, 0.3) is 0 Å². The minimum atomic E-state index is 0.0769. The molecule has 2 aliphatic carbocycles. The molecule has 3 rings (SSSR count). The Bertz CT molecular complexity index is 441. The highest BCUT2D eigenvalue weighted by molar-refractivity contribution is 6.30. The molecular weight excluding hydrogens is 222 g/mol. The lowest BCUT2D eigenvalue weighted by Gasteiger charge is -2.04. The number of hydrogen-bond donors (Lipinski definition) is 0. The van der Waals surface area contributed by atoms with Crippen molar-refractivity contribution in [2.45, 2.75) is 32.2 Å². The van der Waals surface area contributed by atoms with Crippen LogP contribution in [0.3, 0.4) is 0 Å². The molecule has 1 aromatic heterocycles. The van der Waals surface area contributed by atoms with E-state index < -0.39 is 0 Å². The molecule has 86 valence electrons. The van der Waals surface area contributed by atoms with Gasteiger partial charge in [-0.05, 0) is 36.7 Å². The van der Waals surface area contributed by atoms with Gasteiger partial charge in [-0.2, -0.15) is 0 Å². The van der Waals surface area contributed by atoms with Crippen molar-refractivity contribution in [2.75, 3.05) is 0 Å². The summed E-state index contributed by atoms with van der Waals surface area (Å²) in [5.41, 5.74) is 0.0769. The van der Waals surface area contributed by atoms with Crippen LogP contribution in [0.1, 0.15) is 25.7 Å². The van der Waals surface area contributed by atoms with Gasteiger partial charge in [0.25, 0.3) is 5.56 Å². The van der Waals surface area contributed by atoms with Crippen LogP contribution in [0.4, 0.5) is 0 Å². The average Bonchev–Trinajstić information content (AvgIpc) is 2.98. The highest BCUT2D eigenvalue weighted by Crippen LogP contribution is 2.55. The maximum absolute atomic E-state index is 11.6. The molecule has 0 amide bonds. The first-order valence-corrected chi connectivity index (χ1v) is 6.49. The third-order valence-electron chi connectivity index (χ3n) is 4.19. The van der Waals surface area contributed by atoms with E-state index >= 15 is 0 Å². The van der Waals surface area contributed by atoms with Gasteiger partial charge in [0.1, 0.15) is 0 Å². The first-order chi connectivity index (χ1) is 7.75. The summed E-state index contributed by atoms with van der Waals surface area (Å²) in [6, 6.07) is 3.23. The van der Waals surface area contributed by atoms with Crippen molar-refractivity contribution in [3.05, 3.63) is 33.7 Å². The lowest BCUT2D eigenvalue weighted by molar-refractivity contribution is 0.480. The van der Waals surface area contributed by atoms with Crippen LogP contribution >= 0.6 is 11.6 Å². The minimum Gasteiger partial charge on any atom is -0.314 e. The molecule has 0 spiro atoms. The van der Waals surface area contributed by atoms with Crippen molar-refractivity contribution in [3.8, 4) is 0 Å². The highest BCUT2D eigenvalue weighted by atomic mass is 35.5. The number of rotatable bonds is 2. The SMILES string of the molecule is O=c1ccc(Cl)cn1CC1[C@H]2CCCC[C@@H]12. The molecular formula is C13H16ClNO. The lowest BCUT2D eigenvalue weighted by atomic mass is 10.0. The van der Waals surface area contributed by atoms with Crippen LogP contribution in [-0.4, -0.2) is 4.57 Å². The summed E-state index contributed by atoms with van der Waals surface area (Å²) < 4.78 is 1.78. The standard InChI is InChI=1S/C13H16ClNO/c14-9-5-6-13(16)15(7-9)8-12-10-3-1-2-4-11(10)12/h5-7,10-12H,1-4,8H2/t10-,11+,12?. The fourth-order valence-corrected chi connectivity index (χ4v) is 3.46. The Morgan fingerprint density at radius 2 is 1.94 bits per heavy atom. The van der Waals surface area contributed by atoms with E-state index in [0.29, 0.717) is 5.02 Å². The van der Waals surface area contributed by atoms with Gasteiger partial charge in [-0.1, -0.05) is 24.4 Å². The molecule has 2 fully saturated rings. The zero-order valence-corrected chi connectivity index (χ0v) is 9.99. The third kappa shape index (κ3) is 1.80. The largest absolute Gasteiger partial charge is 0.314 e. The second-order valence-corrected chi connectivity index (χ2v) is 5.55. The molecule has 0 N–H and O–H groups in total. The van der Waals surface area contributed by atoms with Gasteiger partial charge in [0, 0.05) is 18.8 Å². The molecule has 1 unspecified atom stereocenters. The zero-order valence-electron chi connectivity index (χ0n) is 9.23. The topological polar surface area (TPSA) is 22.0 Å². The molecule has 3 atom stereocenters. The van der Waals surface area contributed by atoms with Crippen molar-refractivity contribution >= 4 is 11.6 Å². The van der Waals surface area contributed by atoms with Crippen LogP contribution < -0.4 is 5.56 Å². The summed E-state index contributed by atoms with van der Waals surface area (Å²) in [5.74, 6) is 2.51. The van der Waals surface area contributed by atoms with Crippen LogP contribution in [0, 0.1) is 17.8 Å². The van der Waals surface area contributed by atoms with E-state index in [1.165, 1.54) is 25.7 Å². The van der Waals surface area contributed by atoms with E-state index in [-0.39, 0.29) is 5.56 Å². The Kier molecular flexibility index (Phi) is 2.55. The average molecular weight is 238 g/mol. The van der Waals surface area contributed by atoms with Gasteiger partial charge in [0.05, 0.1) is 5.02 Å². The molecule has 2 aliphatic rings. The van der Waals surface area contributed by atoms with Crippen LogP contribution in [0.15, 0.2) is 23.1 Å². The summed E-state index contributed by atoms with van der Waals surface area (Å²) in [4.78, 5) is 11.6. The van der Waals surface area contributed by atoms with Gasteiger partial charge < -0.3 is 4.57 Å². The number of halogens is 1. The predicted molar refractivity (Wildman–Crippen MR) is 64.7 cm³/mol. The van der Waals surface area contributed by atoms with Crippen LogP contribution in [0.2, 0.25) is 5.02 Å². The molecule has 16 heavy (non-hydrogen) atoms.